The molecule has 0 bridgehead atoms. The van der Waals surface area contributed by atoms with E-state index in [9.17, 15) is 27.2 Å². The number of nitrogens with one attached hydrogen (secondary N) is 2. The van der Waals surface area contributed by atoms with Gasteiger partial charge in [-0.05, 0) is 42.5 Å². The summed E-state index contributed by atoms with van der Waals surface area (Å²) in [5, 5.41) is 0. The van der Waals surface area contributed by atoms with Gasteiger partial charge in [0, 0.05) is 29.2 Å². The van der Waals surface area contributed by atoms with Crippen LogP contribution in [0.4, 0.5) is 17.6 Å². The molecule has 1 atom stereocenters. The van der Waals surface area contributed by atoms with E-state index in [0.717, 1.165) is 17.7 Å². The fourth-order valence-electron chi connectivity index (χ4n) is 4.15. The van der Waals surface area contributed by atoms with Gasteiger partial charge in [-0.15, -0.1) is 0 Å². The van der Waals surface area contributed by atoms with Gasteiger partial charge in [0.25, 0.3) is 5.56 Å². The van der Waals surface area contributed by atoms with Crippen molar-refractivity contribution in [2.24, 2.45) is 0 Å². The van der Waals surface area contributed by atoms with Crippen molar-refractivity contribution in [3.05, 3.63) is 109 Å². The molecule has 3 aromatic rings. The highest BCUT2D eigenvalue weighted by Crippen LogP contribution is 2.38. The molecular formula is C24H20F4N2O2. The SMILES string of the molecule is O=c1[nH]c(C2CC=C(c3ccc(C(F)(F)F)cc3F)CC2)c(Cc2ccccc2)c(=O)[nH]1. The van der Waals surface area contributed by atoms with Gasteiger partial charge < -0.3 is 4.98 Å². The van der Waals surface area contributed by atoms with Crippen LogP contribution < -0.4 is 11.2 Å². The number of rotatable bonds is 4. The predicted octanol–water partition coefficient (Wildman–Crippen LogP) is 5.16. The topological polar surface area (TPSA) is 65.7 Å². The third-order valence-corrected chi connectivity index (χ3v) is 5.76. The maximum Gasteiger partial charge on any atom is 0.416 e. The van der Waals surface area contributed by atoms with Crippen molar-refractivity contribution in [3.63, 3.8) is 0 Å². The summed E-state index contributed by atoms with van der Waals surface area (Å²) in [7, 11) is 0. The Kier molecular flexibility index (Phi) is 5.86. The molecule has 8 heteroatoms. The Labute approximate surface area is 180 Å². The number of aromatic amines is 2. The maximum atomic E-state index is 14.4. The molecule has 1 heterocycles. The molecule has 0 aliphatic heterocycles. The van der Waals surface area contributed by atoms with E-state index in [-0.39, 0.29) is 11.5 Å². The molecule has 0 saturated carbocycles. The molecule has 1 aliphatic rings. The van der Waals surface area contributed by atoms with Crippen LogP contribution in [0.2, 0.25) is 0 Å². The Morgan fingerprint density at radius 3 is 2.38 bits per heavy atom. The lowest BCUT2D eigenvalue weighted by Gasteiger charge is -2.24. The monoisotopic (exact) mass is 444 g/mol. The third kappa shape index (κ3) is 4.59. The molecule has 1 aliphatic carbocycles. The smallest absolute Gasteiger partial charge is 0.311 e. The summed E-state index contributed by atoms with van der Waals surface area (Å²) in [4.78, 5) is 29.5. The van der Waals surface area contributed by atoms with Crippen LogP contribution in [0.15, 0.2) is 64.2 Å². The van der Waals surface area contributed by atoms with Gasteiger partial charge in [0.15, 0.2) is 0 Å². The highest BCUT2D eigenvalue weighted by Gasteiger charge is 2.31. The fourth-order valence-corrected chi connectivity index (χ4v) is 4.15. The number of halogens is 4. The first-order valence-corrected chi connectivity index (χ1v) is 10.2. The molecule has 4 nitrogen and oxygen atoms in total. The fraction of sp³-hybridized carbons (Fsp3) is 0.250. The van der Waals surface area contributed by atoms with E-state index < -0.39 is 28.8 Å². The number of H-pyrrole nitrogens is 2. The molecule has 0 amide bonds. The lowest BCUT2D eigenvalue weighted by Crippen LogP contribution is -2.30. The second-order valence-corrected chi connectivity index (χ2v) is 7.86. The summed E-state index contributed by atoms with van der Waals surface area (Å²) < 4.78 is 52.8. The quantitative estimate of drug-likeness (QED) is 0.546. The third-order valence-electron chi connectivity index (χ3n) is 5.76. The molecular weight excluding hydrogens is 424 g/mol. The standard InChI is InChI=1S/C24H20F4N2O2/c25-20-13-17(24(26,27)28)10-11-18(20)15-6-8-16(9-7-15)21-19(22(31)30-23(32)29-21)12-14-4-2-1-3-5-14/h1-6,10-11,13,16H,7-9,12H2,(H2,29,30,31,32). The van der Waals surface area contributed by atoms with Crippen LogP contribution in [-0.4, -0.2) is 9.97 Å². The molecule has 1 unspecified atom stereocenters. The van der Waals surface area contributed by atoms with Gasteiger partial charge in [0.05, 0.1) is 5.56 Å². The van der Waals surface area contributed by atoms with Crippen molar-refractivity contribution in [2.75, 3.05) is 0 Å². The number of benzene rings is 2. The second kappa shape index (κ2) is 8.61. The van der Waals surface area contributed by atoms with E-state index in [1.54, 1.807) is 6.08 Å². The Morgan fingerprint density at radius 1 is 1.00 bits per heavy atom. The van der Waals surface area contributed by atoms with Crippen molar-refractivity contribution in [3.8, 4) is 0 Å². The van der Waals surface area contributed by atoms with Crippen molar-refractivity contribution >= 4 is 5.57 Å². The number of hydrogen-bond donors (Lipinski definition) is 2. The van der Waals surface area contributed by atoms with Crippen molar-refractivity contribution in [1.82, 2.24) is 9.97 Å². The predicted molar refractivity (Wildman–Crippen MR) is 113 cm³/mol. The highest BCUT2D eigenvalue weighted by atomic mass is 19.4. The summed E-state index contributed by atoms with van der Waals surface area (Å²) >= 11 is 0. The minimum absolute atomic E-state index is 0.139. The molecule has 0 saturated heterocycles. The van der Waals surface area contributed by atoms with Gasteiger partial charge in [0.1, 0.15) is 5.82 Å². The van der Waals surface area contributed by atoms with Gasteiger partial charge in [-0.25, -0.2) is 9.18 Å². The Morgan fingerprint density at radius 2 is 1.75 bits per heavy atom. The molecule has 0 spiro atoms. The Hall–Kier alpha value is -3.42. The summed E-state index contributed by atoms with van der Waals surface area (Å²) in [6.07, 6.45) is -1.13. The van der Waals surface area contributed by atoms with Crippen molar-refractivity contribution in [1.29, 1.82) is 0 Å². The van der Waals surface area contributed by atoms with Crippen LogP contribution in [0.25, 0.3) is 5.57 Å². The van der Waals surface area contributed by atoms with E-state index in [4.69, 9.17) is 0 Å². The molecule has 2 N–H and O–H groups in total. The first kappa shape index (κ1) is 21.8. The summed E-state index contributed by atoms with van der Waals surface area (Å²) in [5.74, 6) is -1.08. The maximum absolute atomic E-state index is 14.4. The minimum atomic E-state index is -4.60. The van der Waals surface area contributed by atoms with Gasteiger partial charge in [0.2, 0.25) is 0 Å². The van der Waals surface area contributed by atoms with Crippen LogP contribution in [0.3, 0.4) is 0 Å². The van der Waals surface area contributed by atoms with Gasteiger partial charge in [-0.1, -0.05) is 42.5 Å². The number of aromatic nitrogens is 2. The van der Waals surface area contributed by atoms with Crippen LogP contribution in [0.1, 0.15) is 53.1 Å². The zero-order valence-electron chi connectivity index (χ0n) is 16.9. The van der Waals surface area contributed by atoms with Crippen LogP contribution >= 0.6 is 0 Å². The summed E-state index contributed by atoms with van der Waals surface area (Å²) in [5.41, 5.74) is 0.625. The number of hydrogen-bond acceptors (Lipinski definition) is 2. The molecule has 0 fully saturated rings. The normalized spacial score (nSPS) is 16.6. The Bertz CT molecular complexity index is 1270. The van der Waals surface area contributed by atoms with Crippen LogP contribution in [-0.2, 0) is 12.6 Å². The first-order chi connectivity index (χ1) is 15.2. The highest BCUT2D eigenvalue weighted by molar-refractivity contribution is 5.67. The first-order valence-electron chi connectivity index (χ1n) is 10.2. The zero-order valence-corrected chi connectivity index (χ0v) is 16.9. The van der Waals surface area contributed by atoms with E-state index in [1.807, 2.05) is 30.3 Å². The van der Waals surface area contributed by atoms with E-state index in [0.29, 0.717) is 48.6 Å². The van der Waals surface area contributed by atoms with Crippen molar-refractivity contribution < 1.29 is 17.6 Å². The van der Waals surface area contributed by atoms with Crippen molar-refractivity contribution in [2.45, 2.75) is 37.8 Å². The molecule has 1 aromatic heterocycles. The molecule has 4 rings (SSSR count). The number of allylic oxidation sites excluding steroid dienone is 2. The average molecular weight is 444 g/mol. The Balaban J connectivity index is 1.62. The van der Waals surface area contributed by atoms with E-state index >= 15 is 0 Å². The minimum Gasteiger partial charge on any atom is -0.311 e. The second-order valence-electron chi connectivity index (χ2n) is 7.86. The zero-order chi connectivity index (χ0) is 22.9. The lowest BCUT2D eigenvalue weighted by atomic mass is 9.82. The van der Waals surface area contributed by atoms with E-state index in [1.165, 1.54) is 0 Å². The molecule has 166 valence electrons. The van der Waals surface area contributed by atoms with Gasteiger partial charge in [-0.3, -0.25) is 9.78 Å². The molecule has 2 aromatic carbocycles. The van der Waals surface area contributed by atoms with Crippen LogP contribution in [0, 0.1) is 5.82 Å². The van der Waals surface area contributed by atoms with Crippen LogP contribution in [0.5, 0.6) is 0 Å². The van der Waals surface area contributed by atoms with Gasteiger partial charge in [-0.2, -0.15) is 13.2 Å². The average Bonchev–Trinajstić information content (AvgIpc) is 2.76. The largest absolute Gasteiger partial charge is 0.416 e. The lowest BCUT2D eigenvalue weighted by molar-refractivity contribution is -0.137. The van der Waals surface area contributed by atoms with E-state index in [2.05, 4.69) is 9.97 Å². The molecule has 32 heavy (non-hydrogen) atoms. The summed E-state index contributed by atoms with van der Waals surface area (Å²) in [6.45, 7) is 0. The molecule has 0 radical (unpaired) electrons. The summed E-state index contributed by atoms with van der Waals surface area (Å²) in [6, 6.07) is 11.9. The number of alkyl halides is 3. The van der Waals surface area contributed by atoms with Gasteiger partial charge >= 0.3 is 11.9 Å².